The van der Waals surface area contributed by atoms with E-state index in [9.17, 15) is 9.90 Å². The van der Waals surface area contributed by atoms with Crippen LogP contribution in [0, 0.1) is 0 Å². The molecule has 1 saturated heterocycles. The summed E-state index contributed by atoms with van der Waals surface area (Å²) in [6.45, 7) is 3.76. The monoisotopic (exact) mass is 375 g/mol. The van der Waals surface area contributed by atoms with Crippen molar-refractivity contribution in [2.75, 3.05) is 0 Å². The van der Waals surface area contributed by atoms with Gasteiger partial charge in [-0.15, -0.1) is 0 Å². The van der Waals surface area contributed by atoms with Gasteiger partial charge in [0.15, 0.2) is 0 Å². The Labute approximate surface area is 143 Å². The lowest BCUT2D eigenvalue weighted by Crippen LogP contribution is -2.52. The summed E-state index contributed by atoms with van der Waals surface area (Å²) in [5, 5.41) is 13.5. The topological polar surface area (TPSA) is 58.6 Å². The number of morpholine rings is 1. The molecule has 1 heterocycles. The van der Waals surface area contributed by atoms with Crippen LogP contribution in [0.4, 0.5) is 0 Å². The third-order valence-electron chi connectivity index (χ3n) is 4.06. The first kappa shape index (κ1) is 16.0. The fourth-order valence-corrected chi connectivity index (χ4v) is 3.31. The Balaban J connectivity index is 2.00. The van der Waals surface area contributed by atoms with E-state index in [1.807, 2.05) is 44.2 Å². The maximum absolute atomic E-state index is 12.4. The van der Waals surface area contributed by atoms with Gasteiger partial charge in [-0.3, -0.25) is 5.32 Å². The Bertz CT molecular complexity index is 730. The van der Waals surface area contributed by atoms with E-state index in [1.165, 1.54) is 0 Å². The molecule has 0 saturated carbocycles. The standard InChI is InChI=1S/C18H18BrNO3/c1-18(2)16(11-6-4-3-5-7-11)20-15(17(22)23-18)13-10-12(19)8-9-14(13)21/h3-10,15-16,20-21H,1-2H3/t15-,16-/m1/s1. The number of carbonyl (C=O) groups is 1. The molecule has 0 aromatic heterocycles. The summed E-state index contributed by atoms with van der Waals surface area (Å²) in [5.74, 6) is -0.329. The van der Waals surface area contributed by atoms with Crippen molar-refractivity contribution in [1.29, 1.82) is 0 Å². The number of esters is 1. The minimum absolute atomic E-state index is 0.0640. The molecule has 0 unspecified atom stereocenters. The molecule has 1 aliphatic heterocycles. The van der Waals surface area contributed by atoms with Crippen molar-refractivity contribution in [2.45, 2.75) is 31.5 Å². The molecule has 0 aliphatic carbocycles. The second-order valence-electron chi connectivity index (χ2n) is 6.17. The lowest BCUT2D eigenvalue weighted by Gasteiger charge is -2.42. The van der Waals surface area contributed by atoms with E-state index in [0.717, 1.165) is 10.0 Å². The van der Waals surface area contributed by atoms with Crippen molar-refractivity contribution in [3.05, 3.63) is 64.1 Å². The largest absolute Gasteiger partial charge is 0.508 e. The zero-order chi connectivity index (χ0) is 16.6. The second-order valence-corrected chi connectivity index (χ2v) is 7.09. The van der Waals surface area contributed by atoms with Crippen molar-refractivity contribution in [1.82, 2.24) is 5.32 Å². The Morgan fingerprint density at radius 3 is 2.57 bits per heavy atom. The molecule has 120 valence electrons. The molecule has 0 amide bonds. The van der Waals surface area contributed by atoms with Crippen LogP contribution in [0.5, 0.6) is 5.75 Å². The molecule has 1 fully saturated rings. The Hall–Kier alpha value is -1.85. The van der Waals surface area contributed by atoms with Crippen LogP contribution in [-0.4, -0.2) is 16.7 Å². The zero-order valence-electron chi connectivity index (χ0n) is 12.9. The number of aromatic hydroxyl groups is 1. The average Bonchev–Trinajstić information content (AvgIpc) is 2.50. The lowest BCUT2D eigenvalue weighted by atomic mass is 9.88. The molecule has 4 nitrogen and oxygen atoms in total. The molecule has 5 heteroatoms. The first-order valence-corrected chi connectivity index (χ1v) is 8.20. The molecular formula is C18H18BrNO3. The SMILES string of the molecule is CC1(C)OC(=O)[C@@H](c2cc(Br)ccc2O)N[C@@H]1c1ccccc1. The molecule has 23 heavy (non-hydrogen) atoms. The summed E-state index contributed by atoms with van der Waals surface area (Å²) < 4.78 is 6.47. The van der Waals surface area contributed by atoms with Crippen LogP contribution in [0.25, 0.3) is 0 Å². The summed E-state index contributed by atoms with van der Waals surface area (Å²) in [6, 6.07) is 14.0. The van der Waals surface area contributed by atoms with E-state index >= 15 is 0 Å². The van der Waals surface area contributed by atoms with Gasteiger partial charge in [0.2, 0.25) is 0 Å². The van der Waals surface area contributed by atoms with Crippen LogP contribution in [0.3, 0.4) is 0 Å². The summed E-state index contributed by atoms with van der Waals surface area (Å²) >= 11 is 3.37. The number of ether oxygens (including phenoxy) is 1. The van der Waals surface area contributed by atoms with E-state index < -0.39 is 17.6 Å². The average molecular weight is 376 g/mol. The quantitative estimate of drug-likeness (QED) is 0.782. The number of rotatable bonds is 2. The molecule has 2 N–H and O–H groups in total. The summed E-state index contributed by atoms with van der Waals surface area (Å²) in [6.07, 6.45) is 0. The van der Waals surface area contributed by atoms with Gasteiger partial charge in [-0.25, -0.2) is 4.79 Å². The fourth-order valence-electron chi connectivity index (χ4n) is 2.93. The van der Waals surface area contributed by atoms with Crippen LogP contribution in [-0.2, 0) is 9.53 Å². The predicted octanol–water partition coefficient (Wildman–Crippen LogP) is 3.86. The number of nitrogens with one attached hydrogen (secondary N) is 1. The van der Waals surface area contributed by atoms with Crippen LogP contribution >= 0.6 is 15.9 Å². The number of hydrogen-bond acceptors (Lipinski definition) is 4. The summed E-state index contributed by atoms with van der Waals surface area (Å²) in [7, 11) is 0. The number of phenolic OH excluding ortho intramolecular Hbond substituents is 1. The Morgan fingerprint density at radius 1 is 1.17 bits per heavy atom. The van der Waals surface area contributed by atoms with Crippen LogP contribution < -0.4 is 5.32 Å². The van der Waals surface area contributed by atoms with Gasteiger partial charge in [-0.2, -0.15) is 0 Å². The highest BCUT2D eigenvalue weighted by atomic mass is 79.9. The van der Waals surface area contributed by atoms with Crippen molar-refractivity contribution >= 4 is 21.9 Å². The molecule has 1 aliphatic rings. The minimum atomic E-state index is -0.717. The molecule has 0 bridgehead atoms. The smallest absolute Gasteiger partial charge is 0.328 e. The van der Waals surface area contributed by atoms with Gasteiger partial charge in [-0.1, -0.05) is 46.3 Å². The van der Waals surface area contributed by atoms with Crippen molar-refractivity contribution < 1.29 is 14.6 Å². The van der Waals surface area contributed by atoms with Gasteiger partial charge in [-0.05, 0) is 37.6 Å². The van der Waals surface area contributed by atoms with E-state index in [4.69, 9.17) is 4.74 Å². The van der Waals surface area contributed by atoms with E-state index in [2.05, 4.69) is 21.2 Å². The molecule has 3 rings (SSSR count). The highest BCUT2D eigenvalue weighted by Crippen LogP contribution is 2.39. The number of hydrogen-bond donors (Lipinski definition) is 2. The van der Waals surface area contributed by atoms with Gasteiger partial charge in [0.1, 0.15) is 17.4 Å². The number of halogens is 1. The van der Waals surface area contributed by atoms with Gasteiger partial charge < -0.3 is 9.84 Å². The fraction of sp³-hybridized carbons (Fsp3) is 0.278. The highest BCUT2D eigenvalue weighted by Gasteiger charge is 2.44. The maximum atomic E-state index is 12.4. The van der Waals surface area contributed by atoms with Crippen LogP contribution in [0.2, 0.25) is 0 Å². The summed E-state index contributed by atoms with van der Waals surface area (Å²) in [4.78, 5) is 12.4. The van der Waals surface area contributed by atoms with Gasteiger partial charge in [0.05, 0.1) is 6.04 Å². The number of cyclic esters (lactones) is 1. The van der Waals surface area contributed by atoms with Crippen LogP contribution in [0.1, 0.15) is 37.1 Å². The lowest BCUT2D eigenvalue weighted by molar-refractivity contribution is -0.172. The number of phenols is 1. The first-order chi connectivity index (χ1) is 10.9. The molecule has 2 atom stereocenters. The number of carbonyl (C=O) groups excluding carboxylic acids is 1. The third kappa shape index (κ3) is 3.12. The van der Waals surface area contributed by atoms with Gasteiger partial charge in [0, 0.05) is 10.0 Å². The highest BCUT2D eigenvalue weighted by molar-refractivity contribution is 9.10. The van der Waals surface area contributed by atoms with Crippen LogP contribution in [0.15, 0.2) is 53.0 Å². The van der Waals surface area contributed by atoms with E-state index in [0.29, 0.717) is 5.56 Å². The van der Waals surface area contributed by atoms with Gasteiger partial charge in [0.25, 0.3) is 0 Å². The molecule has 0 radical (unpaired) electrons. The van der Waals surface area contributed by atoms with E-state index in [1.54, 1.807) is 18.2 Å². The first-order valence-electron chi connectivity index (χ1n) is 7.41. The minimum Gasteiger partial charge on any atom is -0.508 e. The Morgan fingerprint density at radius 2 is 1.87 bits per heavy atom. The molecule has 2 aromatic carbocycles. The van der Waals surface area contributed by atoms with Crippen molar-refractivity contribution in [3.8, 4) is 5.75 Å². The predicted molar refractivity (Wildman–Crippen MR) is 91.0 cm³/mol. The number of benzene rings is 2. The second kappa shape index (κ2) is 5.98. The normalized spacial score (nSPS) is 23.3. The van der Waals surface area contributed by atoms with Crippen molar-refractivity contribution in [2.24, 2.45) is 0 Å². The maximum Gasteiger partial charge on any atom is 0.328 e. The third-order valence-corrected chi connectivity index (χ3v) is 4.55. The molecular weight excluding hydrogens is 358 g/mol. The van der Waals surface area contributed by atoms with Crippen molar-refractivity contribution in [3.63, 3.8) is 0 Å². The Kier molecular flexibility index (Phi) is 4.17. The zero-order valence-corrected chi connectivity index (χ0v) is 14.5. The van der Waals surface area contributed by atoms with E-state index in [-0.39, 0.29) is 11.8 Å². The summed E-state index contributed by atoms with van der Waals surface area (Å²) in [5.41, 5.74) is 0.849. The van der Waals surface area contributed by atoms with Gasteiger partial charge >= 0.3 is 5.97 Å². The molecule has 2 aromatic rings. The molecule has 0 spiro atoms.